The molecule has 0 saturated carbocycles. The lowest BCUT2D eigenvalue weighted by Gasteiger charge is -2.27. The summed E-state index contributed by atoms with van der Waals surface area (Å²) in [5, 5.41) is 0. The van der Waals surface area contributed by atoms with Crippen molar-refractivity contribution in [3.63, 3.8) is 0 Å². The van der Waals surface area contributed by atoms with Crippen LogP contribution in [-0.4, -0.2) is 71.1 Å². The molecule has 1 fully saturated rings. The standard InChI is InChI=1S/C22H28N2O6S/c1-23(16-17-4-7-19(28-2)8-5-17)22(25)15-18-6-9-20(29-3)21(14-18)31(26,27)24-10-12-30-13-11-24/h4-9,14H,10-13,15-16H2,1-3H3. The lowest BCUT2D eigenvalue weighted by Crippen LogP contribution is -2.40. The number of methoxy groups -OCH3 is 2. The Kier molecular flexibility index (Phi) is 7.53. The van der Waals surface area contributed by atoms with Crippen LogP contribution in [0.4, 0.5) is 0 Å². The maximum Gasteiger partial charge on any atom is 0.246 e. The fraction of sp³-hybridized carbons (Fsp3) is 0.409. The summed E-state index contributed by atoms with van der Waals surface area (Å²) in [5.41, 5.74) is 1.58. The van der Waals surface area contributed by atoms with Crippen LogP contribution in [0, 0.1) is 0 Å². The Morgan fingerprint density at radius 1 is 1.03 bits per heavy atom. The summed E-state index contributed by atoms with van der Waals surface area (Å²) >= 11 is 0. The number of benzene rings is 2. The normalized spacial score (nSPS) is 14.8. The molecule has 1 amide bonds. The molecule has 0 unspecified atom stereocenters. The van der Waals surface area contributed by atoms with Crippen LogP contribution in [-0.2, 0) is 32.5 Å². The number of nitrogens with zero attached hydrogens (tertiary/aromatic N) is 2. The number of hydrogen-bond acceptors (Lipinski definition) is 6. The van der Waals surface area contributed by atoms with Crippen LogP contribution < -0.4 is 9.47 Å². The van der Waals surface area contributed by atoms with Gasteiger partial charge in [0.05, 0.1) is 33.9 Å². The van der Waals surface area contributed by atoms with Gasteiger partial charge in [-0.15, -0.1) is 0 Å². The SMILES string of the molecule is COc1ccc(CN(C)C(=O)Cc2ccc(OC)c(S(=O)(=O)N3CCOCC3)c2)cc1. The van der Waals surface area contributed by atoms with Crippen molar-refractivity contribution >= 4 is 15.9 Å². The molecule has 0 bridgehead atoms. The number of rotatable bonds is 8. The Labute approximate surface area is 183 Å². The predicted octanol–water partition coefficient (Wildman–Crippen LogP) is 1.93. The first kappa shape index (κ1) is 23.1. The van der Waals surface area contributed by atoms with Gasteiger partial charge in [-0.3, -0.25) is 4.79 Å². The van der Waals surface area contributed by atoms with Gasteiger partial charge >= 0.3 is 0 Å². The van der Waals surface area contributed by atoms with Gasteiger partial charge in [0.25, 0.3) is 0 Å². The van der Waals surface area contributed by atoms with E-state index >= 15 is 0 Å². The van der Waals surface area contributed by atoms with Crippen molar-refractivity contribution in [1.82, 2.24) is 9.21 Å². The molecule has 2 aromatic carbocycles. The van der Waals surface area contributed by atoms with Crippen molar-refractivity contribution in [3.8, 4) is 11.5 Å². The third-order valence-corrected chi connectivity index (χ3v) is 7.10. The average molecular weight is 449 g/mol. The van der Waals surface area contributed by atoms with Crippen molar-refractivity contribution in [2.45, 2.75) is 17.9 Å². The first-order valence-electron chi connectivity index (χ1n) is 9.97. The number of amides is 1. The van der Waals surface area contributed by atoms with Crippen molar-refractivity contribution < 1.29 is 27.4 Å². The fourth-order valence-electron chi connectivity index (χ4n) is 3.36. The Bertz CT molecular complexity index is 1000. The van der Waals surface area contributed by atoms with Crippen molar-refractivity contribution in [2.75, 3.05) is 47.6 Å². The molecule has 0 radical (unpaired) electrons. The number of likely N-dealkylation sites (N-methyl/N-ethyl adjacent to an activating group) is 1. The zero-order valence-corrected chi connectivity index (χ0v) is 18.9. The Morgan fingerprint density at radius 2 is 1.68 bits per heavy atom. The van der Waals surface area contributed by atoms with E-state index in [2.05, 4.69) is 0 Å². The molecular weight excluding hydrogens is 420 g/mol. The molecule has 0 spiro atoms. The number of carbonyl (C=O) groups is 1. The predicted molar refractivity (Wildman–Crippen MR) is 116 cm³/mol. The summed E-state index contributed by atoms with van der Waals surface area (Å²) in [4.78, 5) is 14.4. The van der Waals surface area contributed by atoms with Gasteiger partial charge < -0.3 is 19.1 Å². The summed E-state index contributed by atoms with van der Waals surface area (Å²) < 4.78 is 43.3. The van der Waals surface area contributed by atoms with E-state index in [4.69, 9.17) is 14.2 Å². The molecule has 0 aromatic heterocycles. The van der Waals surface area contributed by atoms with Crippen LogP contribution in [0.2, 0.25) is 0 Å². The van der Waals surface area contributed by atoms with Gasteiger partial charge in [0.15, 0.2) is 0 Å². The number of carbonyl (C=O) groups excluding carboxylic acids is 1. The summed E-state index contributed by atoms with van der Waals surface area (Å²) in [6.07, 6.45) is 0.0856. The van der Waals surface area contributed by atoms with Gasteiger partial charge in [0, 0.05) is 26.7 Å². The highest BCUT2D eigenvalue weighted by Crippen LogP contribution is 2.28. The molecule has 1 saturated heterocycles. The van der Waals surface area contributed by atoms with E-state index < -0.39 is 10.0 Å². The number of ether oxygens (including phenoxy) is 3. The van der Waals surface area contributed by atoms with Crippen molar-refractivity contribution in [1.29, 1.82) is 0 Å². The van der Waals surface area contributed by atoms with Crippen LogP contribution >= 0.6 is 0 Å². The topological polar surface area (TPSA) is 85.4 Å². The van der Waals surface area contributed by atoms with Crippen LogP contribution in [0.5, 0.6) is 11.5 Å². The van der Waals surface area contributed by atoms with Gasteiger partial charge in [-0.05, 0) is 35.4 Å². The minimum absolute atomic E-state index is 0.0695. The number of morpholine rings is 1. The molecule has 0 atom stereocenters. The van der Waals surface area contributed by atoms with E-state index in [0.717, 1.165) is 11.3 Å². The summed E-state index contributed by atoms with van der Waals surface area (Å²) in [6, 6.07) is 12.4. The molecule has 8 nitrogen and oxygen atoms in total. The highest BCUT2D eigenvalue weighted by molar-refractivity contribution is 7.89. The molecular formula is C22H28N2O6S. The average Bonchev–Trinajstić information content (AvgIpc) is 2.80. The largest absolute Gasteiger partial charge is 0.497 e. The van der Waals surface area contributed by atoms with E-state index in [1.807, 2.05) is 24.3 Å². The first-order chi connectivity index (χ1) is 14.8. The quantitative estimate of drug-likeness (QED) is 0.614. The maximum atomic E-state index is 13.1. The van der Waals surface area contributed by atoms with Crippen LogP contribution in [0.3, 0.4) is 0 Å². The first-order valence-corrected chi connectivity index (χ1v) is 11.4. The molecule has 31 heavy (non-hydrogen) atoms. The second-order valence-electron chi connectivity index (χ2n) is 7.28. The summed E-state index contributed by atoms with van der Waals surface area (Å²) in [6.45, 7) is 1.74. The minimum Gasteiger partial charge on any atom is -0.497 e. The zero-order chi connectivity index (χ0) is 22.4. The molecule has 2 aromatic rings. The van der Waals surface area contributed by atoms with E-state index in [-0.39, 0.29) is 23.0 Å². The summed E-state index contributed by atoms with van der Waals surface area (Å²) in [7, 11) is 1.01. The lowest BCUT2D eigenvalue weighted by molar-refractivity contribution is -0.129. The smallest absolute Gasteiger partial charge is 0.246 e. The van der Waals surface area contributed by atoms with E-state index in [1.54, 1.807) is 31.2 Å². The molecule has 1 aliphatic rings. The monoisotopic (exact) mass is 448 g/mol. The second kappa shape index (κ2) is 10.1. The lowest BCUT2D eigenvalue weighted by atomic mass is 10.1. The Balaban J connectivity index is 1.74. The molecule has 1 aliphatic heterocycles. The zero-order valence-electron chi connectivity index (χ0n) is 18.0. The van der Waals surface area contributed by atoms with E-state index in [0.29, 0.717) is 38.4 Å². The maximum absolute atomic E-state index is 13.1. The van der Waals surface area contributed by atoms with Crippen LogP contribution in [0.15, 0.2) is 47.4 Å². The molecule has 0 aliphatic carbocycles. The van der Waals surface area contributed by atoms with Gasteiger partial charge in [0.1, 0.15) is 16.4 Å². The van der Waals surface area contributed by atoms with Gasteiger partial charge in [-0.25, -0.2) is 8.42 Å². The van der Waals surface area contributed by atoms with Crippen molar-refractivity contribution in [3.05, 3.63) is 53.6 Å². The van der Waals surface area contributed by atoms with Crippen LogP contribution in [0.25, 0.3) is 0 Å². The number of hydrogen-bond donors (Lipinski definition) is 0. The third kappa shape index (κ3) is 5.55. The van der Waals surface area contributed by atoms with E-state index in [1.165, 1.54) is 17.5 Å². The Morgan fingerprint density at radius 3 is 2.29 bits per heavy atom. The molecule has 1 heterocycles. The molecule has 168 valence electrons. The van der Waals surface area contributed by atoms with E-state index in [9.17, 15) is 13.2 Å². The minimum atomic E-state index is -3.75. The highest BCUT2D eigenvalue weighted by atomic mass is 32.2. The van der Waals surface area contributed by atoms with Gasteiger partial charge in [0.2, 0.25) is 15.9 Å². The van der Waals surface area contributed by atoms with Gasteiger partial charge in [-0.2, -0.15) is 4.31 Å². The molecule has 3 rings (SSSR count). The van der Waals surface area contributed by atoms with Crippen LogP contribution in [0.1, 0.15) is 11.1 Å². The fourth-order valence-corrected chi connectivity index (χ4v) is 4.98. The number of sulfonamides is 1. The Hall–Kier alpha value is -2.62. The molecule has 0 N–H and O–H groups in total. The third-order valence-electron chi connectivity index (χ3n) is 5.18. The van der Waals surface area contributed by atoms with Crippen molar-refractivity contribution in [2.24, 2.45) is 0 Å². The van der Waals surface area contributed by atoms with Gasteiger partial charge in [-0.1, -0.05) is 18.2 Å². The highest BCUT2D eigenvalue weighted by Gasteiger charge is 2.29. The summed E-state index contributed by atoms with van der Waals surface area (Å²) in [5.74, 6) is 0.898. The second-order valence-corrected chi connectivity index (χ2v) is 9.18. The molecule has 9 heteroatoms.